The Labute approximate surface area is 178 Å². The van der Waals surface area contributed by atoms with Gasteiger partial charge in [-0.1, -0.05) is 0 Å². The molecule has 0 N–H and O–H groups in total. The molecule has 1 aromatic carbocycles. The fraction of sp³-hybridized carbons (Fsp3) is 0.500. The molecule has 0 atom stereocenters. The Hall–Kier alpha value is -2.60. The van der Waals surface area contributed by atoms with E-state index < -0.39 is 0 Å². The first-order chi connectivity index (χ1) is 14.5. The van der Waals surface area contributed by atoms with Crippen molar-refractivity contribution in [2.24, 2.45) is 5.92 Å². The third-order valence-electron chi connectivity index (χ3n) is 6.12. The van der Waals surface area contributed by atoms with Crippen LogP contribution >= 0.6 is 0 Å². The van der Waals surface area contributed by atoms with E-state index in [1.165, 1.54) is 0 Å². The predicted molar refractivity (Wildman–Crippen MR) is 116 cm³/mol. The highest BCUT2D eigenvalue weighted by molar-refractivity contribution is 5.99. The van der Waals surface area contributed by atoms with Crippen molar-refractivity contribution in [3.8, 4) is 11.4 Å². The monoisotopic (exact) mass is 409 g/mol. The number of nitrogens with zero attached hydrogens (tertiary/aromatic N) is 3. The second-order valence-corrected chi connectivity index (χ2v) is 8.35. The largest absolute Gasteiger partial charge is 0.494 e. The molecule has 2 fully saturated rings. The van der Waals surface area contributed by atoms with Gasteiger partial charge in [0.25, 0.3) is 0 Å². The van der Waals surface area contributed by atoms with E-state index in [9.17, 15) is 9.59 Å². The Balaban J connectivity index is 1.41. The SMILES string of the molecule is CCOc1ccc(-n2c(C)cc(C(=O)CN3CCN(C(=O)C4CC4)CC3)c2C)cc1. The third kappa shape index (κ3) is 4.29. The molecule has 2 heterocycles. The van der Waals surface area contributed by atoms with Crippen LogP contribution in [0.1, 0.15) is 41.5 Å². The van der Waals surface area contributed by atoms with Crippen LogP contribution in [0, 0.1) is 19.8 Å². The van der Waals surface area contributed by atoms with E-state index in [1.807, 2.05) is 56.0 Å². The molecular weight excluding hydrogens is 378 g/mol. The van der Waals surface area contributed by atoms with Gasteiger partial charge >= 0.3 is 0 Å². The molecule has 1 saturated heterocycles. The minimum Gasteiger partial charge on any atom is -0.494 e. The minimum absolute atomic E-state index is 0.141. The Morgan fingerprint density at radius 3 is 2.30 bits per heavy atom. The second kappa shape index (κ2) is 8.64. The van der Waals surface area contributed by atoms with Gasteiger partial charge < -0.3 is 14.2 Å². The molecule has 0 unspecified atom stereocenters. The predicted octanol–water partition coefficient (Wildman–Crippen LogP) is 3.23. The molecule has 0 spiro atoms. The van der Waals surface area contributed by atoms with Crippen LogP contribution in [0.25, 0.3) is 5.69 Å². The summed E-state index contributed by atoms with van der Waals surface area (Å²) < 4.78 is 7.65. The lowest BCUT2D eigenvalue weighted by Gasteiger charge is -2.34. The molecule has 4 rings (SSSR count). The van der Waals surface area contributed by atoms with Crippen LogP contribution in [0.2, 0.25) is 0 Å². The summed E-state index contributed by atoms with van der Waals surface area (Å²) in [6.07, 6.45) is 2.09. The first-order valence-corrected chi connectivity index (χ1v) is 10.9. The zero-order chi connectivity index (χ0) is 21.3. The van der Waals surface area contributed by atoms with E-state index in [0.717, 1.165) is 67.4 Å². The van der Waals surface area contributed by atoms with Crippen molar-refractivity contribution in [1.82, 2.24) is 14.4 Å². The van der Waals surface area contributed by atoms with Gasteiger partial charge in [0, 0.05) is 54.7 Å². The van der Waals surface area contributed by atoms with Gasteiger partial charge in [-0.2, -0.15) is 0 Å². The molecule has 30 heavy (non-hydrogen) atoms. The summed E-state index contributed by atoms with van der Waals surface area (Å²) in [5.41, 5.74) is 3.81. The fourth-order valence-corrected chi connectivity index (χ4v) is 4.30. The molecule has 1 aromatic heterocycles. The number of aromatic nitrogens is 1. The Kier molecular flexibility index (Phi) is 5.95. The van der Waals surface area contributed by atoms with E-state index in [2.05, 4.69) is 9.47 Å². The highest BCUT2D eigenvalue weighted by Crippen LogP contribution is 2.31. The van der Waals surface area contributed by atoms with Crippen LogP contribution in [0.3, 0.4) is 0 Å². The summed E-state index contributed by atoms with van der Waals surface area (Å²) in [6, 6.07) is 9.95. The van der Waals surface area contributed by atoms with Crippen LogP contribution < -0.4 is 4.74 Å². The summed E-state index contributed by atoms with van der Waals surface area (Å²) in [4.78, 5) is 29.4. The van der Waals surface area contributed by atoms with E-state index in [-0.39, 0.29) is 11.7 Å². The van der Waals surface area contributed by atoms with Crippen molar-refractivity contribution in [3.63, 3.8) is 0 Å². The van der Waals surface area contributed by atoms with Gasteiger partial charge in [-0.15, -0.1) is 0 Å². The average Bonchev–Trinajstić information content (AvgIpc) is 3.54. The van der Waals surface area contributed by atoms with E-state index in [1.54, 1.807) is 0 Å². The van der Waals surface area contributed by atoms with Gasteiger partial charge in [-0.3, -0.25) is 14.5 Å². The Morgan fingerprint density at radius 1 is 1.03 bits per heavy atom. The van der Waals surface area contributed by atoms with Gasteiger partial charge in [0.15, 0.2) is 5.78 Å². The van der Waals surface area contributed by atoms with Crippen molar-refractivity contribution in [2.45, 2.75) is 33.6 Å². The fourth-order valence-electron chi connectivity index (χ4n) is 4.30. The number of rotatable bonds is 7. The number of carbonyl (C=O) groups is 2. The molecule has 2 aromatic rings. The molecule has 1 saturated carbocycles. The lowest BCUT2D eigenvalue weighted by molar-refractivity contribution is -0.134. The van der Waals surface area contributed by atoms with Gasteiger partial charge in [0.05, 0.1) is 13.2 Å². The number of benzene rings is 1. The third-order valence-corrected chi connectivity index (χ3v) is 6.12. The molecular formula is C24H31N3O3. The van der Waals surface area contributed by atoms with Crippen LogP contribution in [-0.4, -0.2) is 65.4 Å². The number of piperazine rings is 1. The summed E-state index contributed by atoms with van der Waals surface area (Å²) in [6.45, 7) is 10.0. The number of hydrogen-bond donors (Lipinski definition) is 0. The maximum atomic E-state index is 13.0. The lowest BCUT2D eigenvalue weighted by Crippen LogP contribution is -2.50. The maximum absolute atomic E-state index is 13.0. The first-order valence-electron chi connectivity index (χ1n) is 10.9. The summed E-state index contributed by atoms with van der Waals surface area (Å²) >= 11 is 0. The summed E-state index contributed by atoms with van der Waals surface area (Å²) in [5, 5.41) is 0. The highest BCUT2D eigenvalue weighted by Gasteiger charge is 2.34. The van der Waals surface area contributed by atoms with Crippen molar-refractivity contribution >= 4 is 11.7 Å². The number of amides is 1. The molecule has 0 radical (unpaired) electrons. The number of ether oxygens (including phenoxy) is 1. The molecule has 2 aliphatic rings. The Bertz CT molecular complexity index is 920. The highest BCUT2D eigenvalue weighted by atomic mass is 16.5. The number of ketones is 1. The zero-order valence-electron chi connectivity index (χ0n) is 18.2. The van der Waals surface area contributed by atoms with Gasteiger partial charge in [-0.25, -0.2) is 0 Å². The molecule has 1 aliphatic carbocycles. The number of aryl methyl sites for hydroxylation is 1. The maximum Gasteiger partial charge on any atom is 0.225 e. The van der Waals surface area contributed by atoms with E-state index >= 15 is 0 Å². The smallest absolute Gasteiger partial charge is 0.225 e. The van der Waals surface area contributed by atoms with Gasteiger partial charge in [0.2, 0.25) is 5.91 Å². The molecule has 6 nitrogen and oxygen atoms in total. The van der Waals surface area contributed by atoms with Gasteiger partial charge in [-0.05, 0) is 63.9 Å². The van der Waals surface area contributed by atoms with Crippen molar-refractivity contribution in [2.75, 3.05) is 39.3 Å². The minimum atomic E-state index is 0.141. The van der Waals surface area contributed by atoms with Crippen molar-refractivity contribution in [1.29, 1.82) is 0 Å². The van der Waals surface area contributed by atoms with E-state index in [0.29, 0.717) is 19.1 Å². The summed E-state index contributed by atoms with van der Waals surface area (Å²) in [5.74, 6) is 1.56. The second-order valence-electron chi connectivity index (χ2n) is 8.35. The molecule has 1 aliphatic heterocycles. The van der Waals surface area contributed by atoms with Crippen LogP contribution in [0.5, 0.6) is 5.75 Å². The van der Waals surface area contributed by atoms with Crippen molar-refractivity contribution in [3.05, 3.63) is 47.3 Å². The standard InChI is InChI=1S/C24H31N3O3/c1-4-30-21-9-7-20(8-10-21)27-17(2)15-22(18(27)3)23(28)16-25-11-13-26(14-12-25)24(29)19-5-6-19/h7-10,15,19H,4-6,11-14,16H2,1-3H3. The topological polar surface area (TPSA) is 54.8 Å². The molecule has 1 amide bonds. The Morgan fingerprint density at radius 2 is 1.70 bits per heavy atom. The van der Waals surface area contributed by atoms with E-state index in [4.69, 9.17) is 4.74 Å². The number of carbonyl (C=O) groups excluding carboxylic acids is 2. The molecule has 0 bridgehead atoms. The molecule has 6 heteroatoms. The van der Waals surface area contributed by atoms with Crippen molar-refractivity contribution < 1.29 is 14.3 Å². The molecule has 160 valence electrons. The van der Waals surface area contributed by atoms with Crippen LogP contribution in [-0.2, 0) is 4.79 Å². The summed E-state index contributed by atoms with van der Waals surface area (Å²) in [7, 11) is 0. The lowest BCUT2D eigenvalue weighted by atomic mass is 10.1. The average molecular weight is 410 g/mol. The van der Waals surface area contributed by atoms with Crippen LogP contribution in [0.15, 0.2) is 30.3 Å². The van der Waals surface area contributed by atoms with Crippen LogP contribution in [0.4, 0.5) is 0 Å². The number of Topliss-reactive ketones (excluding diaryl/α,β-unsaturated/α-hetero) is 1. The normalized spacial score (nSPS) is 17.2. The zero-order valence-corrected chi connectivity index (χ0v) is 18.2. The quantitative estimate of drug-likeness (QED) is 0.659. The number of hydrogen-bond acceptors (Lipinski definition) is 4. The van der Waals surface area contributed by atoms with Gasteiger partial charge in [0.1, 0.15) is 5.75 Å². The first kappa shape index (κ1) is 20.7.